The molecule has 6 nitrogen and oxygen atoms in total. The molecule has 0 atom stereocenters. The average Bonchev–Trinajstić information content (AvgIpc) is 2.97. The van der Waals surface area contributed by atoms with Crippen LogP contribution in [0.5, 0.6) is 0 Å². The second kappa shape index (κ2) is 9.01. The van der Waals surface area contributed by atoms with Gasteiger partial charge in [0.25, 0.3) is 10.0 Å². The molecular weight excluding hydrogens is 434 g/mol. The van der Waals surface area contributed by atoms with Crippen molar-refractivity contribution in [2.45, 2.75) is 55.3 Å². The van der Waals surface area contributed by atoms with Gasteiger partial charge in [-0.2, -0.15) is 0 Å². The Labute approximate surface area is 188 Å². The molecule has 8 heteroatoms. The van der Waals surface area contributed by atoms with Crippen molar-refractivity contribution in [2.24, 2.45) is 4.99 Å². The van der Waals surface area contributed by atoms with Gasteiger partial charge in [0.2, 0.25) is 5.91 Å². The van der Waals surface area contributed by atoms with Gasteiger partial charge < -0.3 is 5.32 Å². The van der Waals surface area contributed by atoms with Gasteiger partial charge >= 0.3 is 0 Å². The van der Waals surface area contributed by atoms with Crippen molar-refractivity contribution >= 4 is 39.1 Å². The summed E-state index contributed by atoms with van der Waals surface area (Å²) in [7, 11) is -3.70. The van der Waals surface area contributed by atoms with Crippen LogP contribution in [0.15, 0.2) is 58.4 Å². The van der Waals surface area contributed by atoms with Crippen molar-refractivity contribution in [3.8, 4) is 0 Å². The van der Waals surface area contributed by atoms with Gasteiger partial charge in [-0.05, 0) is 67.6 Å². The molecule has 0 aromatic heterocycles. The number of carbonyl (C=O) groups is 1. The van der Waals surface area contributed by atoms with Crippen molar-refractivity contribution in [3.63, 3.8) is 0 Å². The summed E-state index contributed by atoms with van der Waals surface area (Å²) in [6.07, 6.45) is 6.15. The molecule has 1 fully saturated rings. The maximum atomic E-state index is 13.1. The van der Waals surface area contributed by atoms with Gasteiger partial charge in [0.05, 0.1) is 10.3 Å². The lowest BCUT2D eigenvalue weighted by molar-refractivity contribution is -0.124. The molecule has 1 amide bonds. The van der Waals surface area contributed by atoms with Gasteiger partial charge in [-0.15, -0.1) is 0 Å². The second-order valence-corrected chi connectivity index (χ2v) is 10.3. The largest absolute Gasteiger partial charge is 0.325 e. The summed E-state index contributed by atoms with van der Waals surface area (Å²) in [6, 6.07) is 13.7. The molecule has 0 saturated heterocycles. The molecule has 4 rings (SSSR count). The molecule has 2 aromatic rings. The number of amidine groups is 1. The van der Waals surface area contributed by atoms with Crippen LogP contribution in [0.25, 0.3) is 0 Å². The maximum Gasteiger partial charge on any atom is 0.262 e. The van der Waals surface area contributed by atoms with Gasteiger partial charge in [0.1, 0.15) is 5.84 Å². The minimum atomic E-state index is -3.70. The quantitative estimate of drug-likeness (QED) is 0.682. The summed E-state index contributed by atoms with van der Waals surface area (Å²) >= 11 is 5.99. The zero-order valence-corrected chi connectivity index (χ0v) is 18.8. The molecule has 1 aliphatic heterocycles. The van der Waals surface area contributed by atoms with E-state index < -0.39 is 15.4 Å². The first-order valence-corrected chi connectivity index (χ1v) is 12.5. The first kappa shape index (κ1) is 21.8. The van der Waals surface area contributed by atoms with E-state index in [0.717, 1.165) is 44.1 Å². The van der Waals surface area contributed by atoms with E-state index in [1.54, 1.807) is 24.3 Å². The van der Waals surface area contributed by atoms with Crippen LogP contribution in [0.3, 0.4) is 0 Å². The number of rotatable bonds is 5. The van der Waals surface area contributed by atoms with E-state index in [1.807, 2.05) is 12.1 Å². The molecule has 2 aromatic carbocycles. The number of nitrogens with zero attached hydrogens (tertiary/aromatic N) is 1. The van der Waals surface area contributed by atoms with Crippen LogP contribution >= 0.6 is 11.6 Å². The molecule has 0 radical (unpaired) electrons. The lowest BCUT2D eigenvalue weighted by atomic mass is 9.64. The standard InChI is InChI=1S/C23H26ClN3O3S/c24-18-8-6-17(7-9-18)23(14-4-15-23)22(28)26-19-10-12-20(13-11-19)31(29,30)27-21-5-2-1-3-16-25-21/h6-13H,1-5,14-16H2,(H,25,27)(H,26,28). The Balaban J connectivity index is 1.46. The Morgan fingerprint density at radius 3 is 2.29 bits per heavy atom. The SMILES string of the molecule is O=C(Nc1ccc(S(=O)(=O)NC2=NCCCCC2)cc1)C1(c2ccc(Cl)cc2)CCC1. The van der Waals surface area contributed by atoms with Crippen molar-refractivity contribution < 1.29 is 13.2 Å². The Kier molecular flexibility index (Phi) is 6.34. The molecule has 164 valence electrons. The molecule has 31 heavy (non-hydrogen) atoms. The van der Waals surface area contributed by atoms with E-state index >= 15 is 0 Å². The number of hydrogen-bond acceptors (Lipinski definition) is 4. The summed E-state index contributed by atoms with van der Waals surface area (Å²) in [5.41, 5.74) is 0.957. The first-order valence-electron chi connectivity index (χ1n) is 10.6. The highest BCUT2D eigenvalue weighted by Gasteiger charge is 2.45. The van der Waals surface area contributed by atoms with Gasteiger partial charge in [0, 0.05) is 23.7 Å². The van der Waals surface area contributed by atoms with E-state index in [2.05, 4.69) is 15.0 Å². The van der Waals surface area contributed by atoms with Crippen molar-refractivity contribution in [1.29, 1.82) is 0 Å². The Morgan fingerprint density at radius 1 is 0.935 bits per heavy atom. The molecular formula is C23H26ClN3O3S. The van der Waals surface area contributed by atoms with E-state index in [9.17, 15) is 13.2 Å². The monoisotopic (exact) mass is 459 g/mol. The van der Waals surface area contributed by atoms with Crippen molar-refractivity contribution in [2.75, 3.05) is 11.9 Å². The number of hydrogen-bond donors (Lipinski definition) is 2. The van der Waals surface area contributed by atoms with Crippen LogP contribution in [-0.4, -0.2) is 26.7 Å². The molecule has 0 spiro atoms. The normalized spacial score (nSPS) is 18.3. The van der Waals surface area contributed by atoms with Gasteiger partial charge in [0.15, 0.2) is 0 Å². The molecule has 1 heterocycles. The molecule has 2 aliphatic rings. The first-order chi connectivity index (χ1) is 14.9. The summed E-state index contributed by atoms with van der Waals surface area (Å²) in [4.78, 5) is 17.6. The molecule has 0 bridgehead atoms. The minimum Gasteiger partial charge on any atom is -0.325 e. The lowest BCUT2D eigenvalue weighted by Crippen LogP contribution is -2.46. The topological polar surface area (TPSA) is 87.6 Å². The van der Waals surface area contributed by atoms with Crippen molar-refractivity contribution in [3.05, 3.63) is 59.1 Å². The lowest BCUT2D eigenvalue weighted by Gasteiger charge is -2.40. The number of aliphatic imine (C=N–C) groups is 1. The number of amides is 1. The van der Waals surface area contributed by atoms with Crippen LogP contribution in [-0.2, 0) is 20.2 Å². The highest BCUT2D eigenvalue weighted by atomic mass is 35.5. The third-order valence-electron chi connectivity index (χ3n) is 6.09. The zero-order chi connectivity index (χ0) is 21.9. The van der Waals surface area contributed by atoms with E-state index in [1.165, 1.54) is 12.1 Å². The predicted octanol–water partition coefficient (Wildman–Crippen LogP) is 4.65. The third kappa shape index (κ3) is 4.77. The highest BCUT2D eigenvalue weighted by Crippen LogP contribution is 2.44. The van der Waals surface area contributed by atoms with E-state index in [-0.39, 0.29) is 10.8 Å². The smallest absolute Gasteiger partial charge is 0.262 e. The van der Waals surface area contributed by atoms with Crippen molar-refractivity contribution in [1.82, 2.24) is 4.72 Å². The maximum absolute atomic E-state index is 13.1. The number of sulfonamides is 1. The number of carbonyl (C=O) groups excluding carboxylic acids is 1. The predicted molar refractivity (Wildman–Crippen MR) is 123 cm³/mol. The van der Waals surface area contributed by atoms with Gasteiger partial charge in [-0.3, -0.25) is 14.5 Å². The highest BCUT2D eigenvalue weighted by molar-refractivity contribution is 7.90. The van der Waals surface area contributed by atoms with Crippen LogP contribution in [0.2, 0.25) is 5.02 Å². The van der Waals surface area contributed by atoms with E-state index in [0.29, 0.717) is 29.5 Å². The van der Waals surface area contributed by atoms with Gasteiger partial charge in [-0.25, -0.2) is 8.42 Å². The molecule has 1 aliphatic carbocycles. The second-order valence-electron chi connectivity index (χ2n) is 8.17. The van der Waals surface area contributed by atoms with Crippen LogP contribution in [0.1, 0.15) is 50.5 Å². The molecule has 2 N–H and O–H groups in total. The Morgan fingerprint density at radius 2 is 1.65 bits per heavy atom. The molecule has 1 saturated carbocycles. The number of anilines is 1. The minimum absolute atomic E-state index is 0.0809. The van der Waals surface area contributed by atoms with Crippen LogP contribution in [0, 0.1) is 0 Å². The van der Waals surface area contributed by atoms with Crippen LogP contribution in [0.4, 0.5) is 5.69 Å². The third-order valence-corrected chi connectivity index (χ3v) is 7.74. The summed E-state index contributed by atoms with van der Waals surface area (Å²) < 4.78 is 28.0. The van der Waals surface area contributed by atoms with Crippen LogP contribution < -0.4 is 10.0 Å². The van der Waals surface area contributed by atoms with Gasteiger partial charge in [-0.1, -0.05) is 36.6 Å². The Bertz CT molecular complexity index is 1080. The van der Waals surface area contributed by atoms with E-state index in [4.69, 9.17) is 11.6 Å². The molecule has 0 unspecified atom stereocenters. The number of halogens is 1. The number of benzene rings is 2. The summed E-state index contributed by atoms with van der Waals surface area (Å²) in [6.45, 7) is 0.651. The Hall–Kier alpha value is -2.38. The average molecular weight is 460 g/mol. The number of nitrogens with one attached hydrogen (secondary N) is 2. The summed E-state index contributed by atoms with van der Waals surface area (Å²) in [5, 5.41) is 3.59. The fraction of sp³-hybridized carbons (Fsp3) is 0.391. The zero-order valence-electron chi connectivity index (χ0n) is 17.2. The fourth-order valence-corrected chi connectivity index (χ4v) is 5.30. The fourth-order valence-electron chi connectivity index (χ4n) is 4.09. The summed E-state index contributed by atoms with van der Waals surface area (Å²) in [5.74, 6) is 0.437.